The molecule has 7 heteroatoms. The number of nitrogens with zero attached hydrogens (tertiary/aromatic N) is 4. The topological polar surface area (TPSA) is 64.7 Å². The summed E-state index contributed by atoms with van der Waals surface area (Å²) in [5.74, 6) is 0.00765. The Labute approximate surface area is 180 Å². The average Bonchev–Trinajstić information content (AvgIpc) is 3.45. The van der Waals surface area contributed by atoms with Gasteiger partial charge in [-0.2, -0.15) is 5.10 Å². The lowest BCUT2D eigenvalue weighted by Crippen LogP contribution is -2.30. The van der Waals surface area contributed by atoms with Crippen molar-refractivity contribution < 1.29 is 4.79 Å². The smallest absolute Gasteiger partial charge is 0.239 e. The number of aromatic nitrogens is 4. The van der Waals surface area contributed by atoms with Crippen molar-refractivity contribution in [2.75, 3.05) is 6.54 Å². The van der Waals surface area contributed by atoms with Crippen molar-refractivity contribution in [1.29, 1.82) is 0 Å². The summed E-state index contributed by atoms with van der Waals surface area (Å²) in [4.78, 5) is 17.1. The summed E-state index contributed by atoms with van der Waals surface area (Å²) < 4.78 is 3.90. The molecule has 0 unspecified atom stereocenters. The molecule has 0 aliphatic carbocycles. The van der Waals surface area contributed by atoms with Crippen LogP contribution in [-0.2, 0) is 17.8 Å². The Morgan fingerprint density at radius 1 is 1.17 bits per heavy atom. The minimum atomic E-state index is 0.00765. The number of aryl methyl sites for hydroxylation is 2. The quantitative estimate of drug-likeness (QED) is 0.491. The van der Waals surface area contributed by atoms with Crippen molar-refractivity contribution >= 4 is 17.2 Å². The largest absolute Gasteiger partial charge is 0.354 e. The van der Waals surface area contributed by atoms with Gasteiger partial charge in [-0.25, -0.2) is 9.67 Å². The monoisotopic (exact) mass is 419 g/mol. The van der Waals surface area contributed by atoms with E-state index < -0.39 is 0 Å². The van der Waals surface area contributed by atoms with Gasteiger partial charge >= 0.3 is 0 Å². The highest BCUT2D eigenvalue weighted by atomic mass is 32.1. The molecule has 154 valence electrons. The van der Waals surface area contributed by atoms with Crippen molar-refractivity contribution in [2.24, 2.45) is 0 Å². The number of hydrogen-bond donors (Lipinski definition) is 1. The summed E-state index contributed by atoms with van der Waals surface area (Å²) in [7, 11) is 0. The summed E-state index contributed by atoms with van der Waals surface area (Å²) in [5.41, 5.74) is 6.32. The molecule has 1 amide bonds. The van der Waals surface area contributed by atoms with Gasteiger partial charge in [0.25, 0.3) is 0 Å². The van der Waals surface area contributed by atoms with Gasteiger partial charge in [-0.05, 0) is 51.0 Å². The van der Waals surface area contributed by atoms with Crippen LogP contribution >= 0.6 is 11.3 Å². The minimum Gasteiger partial charge on any atom is -0.354 e. The number of hydrogen-bond acceptors (Lipinski definition) is 4. The van der Waals surface area contributed by atoms with Gasteiger partial charge in [-0.3, -0.25) is 4.79 Å². The molecule has 0 saturated carbocycles. The predicted octanol–water partition coefficient (Wildman–Crippen LogP) is 4.08. The van der Waals surface area contributed by atoms with E-state index in [2.05, 4.69) is 26.8 Å². The average molecular weight is 420 g/mol. The molecular weight excluding hydrogens is 394 g/mol. The first-order valence-corrected chi connectivity index (χ1v) is 10.8. The van der Waals surface area contributed by atoms with Crippen molar-refractivity contribution in [1.82, 2.24) is 24.6 Å². The maximum atomic E-state index is 12.5. The number of benzene rings is 1. The molecule has 3 heterocycles. The molecular formula is C23H25N5OS. The molecule has 0 atom stereocenters. The van der Waals surface area contributed by atoms with E-state index in [1.54, 1.807) is 11.3 Å². The molecule has 4 aromatic rings. The van der Waals surface area contributed by atoms with Crippen LogP contribution in [0.4, 0.5) is 0 Å². The molecule has 6 nitrogen and oxygen atoms in total. The summed E-state index contributed by atoms with van der Waals surface area (Å²) >= 11 is 1.64. The standard InChI is InChI=1S/C23H25N5OS/c1-16-11-21(22-15-30-18(3)26-22)17(2)27(16)14-23(29)24-10-9-19-12-25-28(13-19)20-7-5-4-6-8-20/h4-8,11-13,15H,9-10,14H2,1-3H3,(H,24,29). The molecule has 0 aliphatic heterocycles. The molecule has 0 radical (unpaired) electrons. The van der Waals surface area contributed by atoms with Crippen LogP contribution in [0.3, 0.4) is 0 Å². The highest BCUT2D eigenvalue weighted by Gasteiger charge is 2.15. The second-order valence-electron chi connectivity index (χ2n) is 7.35. The minimum absolute atomic E-state index is 0.00765. The zero-order valence-electron chi connectivity index (χ0n) is 17.4. The van der Waals surface area contributed by atoms with Crippen LogP contribution in [0.5, 0.6) is 0 Å². The number of amides is 1. The van der Waals surface area contributed by atoms with Gasteiger partial charge in [-0.1, -0.05) is 18.2 Å². The van der Waals surface area contributed by atoms with Crippen LogP contribution in [0.15, 0.2) is 54.2 Å². The van der Waals surface area contributed by atoms with Gasteiger partial charge in [0.2, 0.25) is 5.91 Å². The Morgan fingerprint density at radius 3 is 2.70 bits per heavy atom. The van der Waals surface area contributed by atoms with Crippen molar-refractivity contribution in [2.45, 2.75) is 33.7 Å². The van der Waals surface area contributed by atoms with Crippen LogP contribution in [0.2, 0.25) is 0 Å². The number of rotatable bonds is 7. The van der Waals surface area contributed by atoms with Crippen molar-refractivity contribution in [3.63, 3.8) is 0 Å². The van der Waals surface area contributed by atoms with Gasteiger partial charge in [-0.15, -0.1) is 11.3 Å². The Balaban J connectivity index is 1.34. The first-order valence-electron chi connectivity index (χ1n) is 9.96. The lowest BCUT2D eigenvalue weighted by molar-refractivity contribution is -0.121. The van der Waals surface area contributed by atoms with E-state index >= 15 is 0 Å². The van der Waals surface area contributed by atoms with E-state index in [9.17, 15) is 4.79 Å². The van der Waals surface area contributed by atoms with Gasteiger partial charge in [0.1, 0.15) is 6.54 Å². The van der Waals surface area contributed by atoms with Gasteiger partial charge in [0.15, 0.2) is 0 Å². The molecule has 1 N–H and O–H groups in total. The highest BCUT2D eigenvalue weighted by Crippen LogP contribution is 2.27. The second-order valence-corrected chi connectivity index (χ2v) is 8.41. The van der Waals surface area contributed by atoms with E-state index in [0.717, 1.165) is 45.3 Å². The Bertz CT molecular complexity index is 1160. The number of nitrogens with one attached hydrogen (secondary N) is 1. The van der Waals surface area contributed by atoms with Crippen LogP contribution in [-0.4, -0.2) is 31.8 Å². The molecule has 30 heavy (non-hydrogen) atoms. The molecule has 3 aromatic heterocycles. The van der Waals surface area contributed by atoms with Crippen molar-refractivity contribution in [3.05, 3.63) is 76.1 Å². The van der Waals surface area contributed by atoms with E-state index in [-0.39, 0.29) is 5.91 Å². The first kappa shape index (κ1) is 20.1. The number of carbonyl (C=O) groups is 1. The Kier molecular flexibility index (Phi) is 5.81. The third-order valence-electron chi connectivity index (χ3n) is 5.16. The molecule has 0 fully saturated rings. The number of para-hydroxylation sites is 1. The molecule has 4 rings (SSSR count). The van der Waals surface area contributed by atoms with Crippen LogP contribution in [0.25, 0.3) is 16.9 Å². The molecule has 0 aliphatic rings. The predicted molar refractivity (Wildman–Crippen MR) is 120 cm³/mol. The van der Waals surface area contributed by atoms with Gasteiger partial charge in [0.05, 0.1) is 22.6 Å². The van der Waals surface area contributed by atoms with Crippen LogP contribution < -0.4 is 5.32 Å². The normalized spacial score (nSPS) is 11.0. The van der Waals surface area contributed by atoms with Crippen LogP contribution in [0.1, 0.15) is 22.0 Å². The molecule has 1 aromatic carbocycles. The van der Waals surface area contributed by atoms with E-state index in [1.165, 1.54) is 0 Å². The highest BCUT2D eigenvalue weighted by molar-refractivity contribution is 7.09. The zero-order valence-corrected chi connectivity index (χ0v) is 18.2. The Morgan fingerprint density at radius 2 is 1.97 bits per heavy atom. The SMILES string of the molecule is Cc1nc(-c2cc(C)n(CC(=O)NCCc3cnn(-c4ccccc4)c3)c2C)cs1. The van der Waals surface area contributed by atoms with Gasteiger partial charge in [0, 0.05) is 35.1 Å². The summed E-state index contributed by atoms with van der Waals surface area (Å²) in [6, 6.07) is 12.1. The van der Waals surface area contributed by atoms with Crippen LogP contribution in [0, 0.1) is 20.8 Å². The summed E-state index contributed by atoms with van der Waals surface area (Å²) in [6.07, 6.45) is 4.59. The Hall–Kier alpha value is -3.19. The number of carbonyl (C=O) groups excluding carboxylic acids is 1. The van der Waals surface area contributed by atoms with E-state index in [1.807, 2.05) is 72.7 Å². The lowest BCUT2D eigenvalue weighted by atomic mass is 10.2. The summed E-state index contributed by atoms with van der Waals surface area (Å²) in [6.45, 7) is 6.97. The third-order valence-corrected chi connectivity index (χ3v) is 5.94. The fraction of sp³-hybridized carbons (Fsp3) is 0.261. The maximum Gasteiger partial charge on any atom is 0.239 e. The number of thiazole rings is 1. The lowest BCUT2D eigenvalue weighted by Gasteiger charge is -2.10. The molecule has 0 spiro atoms. The van der Waals surface area contributed by atoms with Gasteiger partial charge < -0.3 is 9.88 Å². The van der Waals surface area contributed by atoms with Crippen molar-refractivity contribution in [3.8, 4) is 16.9 Å². The first-order chi connectivity index (χ1) is 14.5. The fourth-order valence-electron chi connectivity index (χ4n) is 3.55. The second kappa shape index (κ2) is 8.67. The fourth-order valence-corrected chi connectivity index (χ4v) is 4.16. The summed E-state index contributed by atoms with van der Waals surface area (Å²) in [5, 5.41) is 10.5. The van der Waals surface area contributed by atoms with E-state index in [0.29, 0.717) is 13.1 Å². The maximum absolute atomic E-state index is 12.5. The molecule has 0 bridgehead atoms. The molecule has 0 saturated heterocycles. The third kappa shape index (κ3) is 4.36. The van der Waals surface area contributed by atoms with E-state index in [4.69, 9.17) is 0 Å². The zero-order chi connectivity index (χ0) is 21.1.